The largest absolute Gasteiger partial charge is 0.372 e. The minimum Gasteiger partial charge on any atom is -0.372 e. The van der Waals surface area contributed by atoms with Crippen LogP contribution in [0.3, 0.4) is 0 Å². The fraction of sp³-hybridized carbons (Fsp3) is 0.143. The van der Waals surface area contributed by atoms with Crippen LogP contribution in [0.5, 0.6) is 0 Å². The van der Waals surface area contributed by atoms with E-state index in [9.17, 15) is 4.79 Å². The number of rotatable bonds is 1. The van der Waals surface area contributed by atoms with Crippen molar-refractivity contribution in [2.45, 2.75) is 6.04 Å². The van der Waals surface area contributed by atoms with Crippen LogP contribution >= 0.6 is 0 Å². The van der Waals surface area contributed by atoms with Gasteiger partial charge < -0.3 is 11.1 Å². The molecular formula is C7H7N3O. The Morgan fingerprint density at radius 1 is 1.82 bits per heavy atom. The maximum Gasteiger partial charge on any atom is 0.250 e. The third kappa shape index (κ3) is 1.58. The molecule has 0 fully saturated rings. The van der Waals surface area contributed by atoms with E-state index in [1.807, 2.05) is 6.07 Å². The molecule has 0 aromatic rings. The van der Waals surface area contributed by atoms with Crippen molar-refractivity contribution in [3.05, 3.63) is 23.9 Å². The molecule has 1 aliphatic heterocycles. The molecule has 0 aliphatic carbocycles. The normalized spacial score (nSPS) is 21.4. The first-order valence-electron chi connectivity index (χ1n) is 3.08. The monoisotopic (exact) mass is 149 g/mol. The molecule has 0 aromatic carbocycles. The molecule has 56 valence electrons. The Bertz CT molecular complexity index is 272. The summed E-state index contributed by atoms with van der Waals surface area (Å²) in [5, 5.41) is 11.1. The number of carbonyl (C=O) groups excluding carboxylic acids is 1. The van der Waals surface area contributed by atoms with E-state index in [1.165, 1.54) is 12.3 Å². The van der Waals surface area contributed by atoms with E-state index in [1.54, 1.807) is 6.08 Å². The molecule has 3 N–H and O–H groups in total. The molecule has 0 bridgehead atoms. The van der Waals surface area contributed by atoms with Crippen molar-refractivity contribution in [2.75, 3.05) is 0 Å². The van der Waals surface area contributed by atoms with Crippen molar-refractivity contribution >= 4 is 5.91 Å². The lowest BCUT2D eigenvalue weighted by atomic mass is 10.1. The van der Waals surface area contributed by atoms with Crippen molar-refractivity contribution in [3.8, 4) is 6.07 Å². The molecule has 0 spiro atoms. The summed E-state index contributed by atoms with van der Waals surface area (Å²) in [6.07, 6.45) is 4.56. The van der Waals surface area contributed by atoms with Gasteiger partial charge in [-0.05, 0) is 12.2 Å². The molecule has 1 unspecified atom stereocenters. The van der Waals surface area contributed by atoms with Crippen LogP contribution < -0.4 is 11.1 Å². The lowest BCUT2D eigenvalue weighted by Crippen LogP contribution is -2.26. The number of hydrogen-bond acceptors (Lipinski definition) is 3. The molecule has 0 aromatic heterocycles. The highest BCUT2D eigenvalue weighted by atomic mass is 16.1. The zero-order chi connectivity index (χ0) is 8.27. The molecule has 1 aliphatic rings. The van der Waals surface area contributed by atoms with Gasteiger partial charge in [0.25, 0.3) is 0 Å². The van der Waals surface area contributed by atoms with E-state index in [4.69, 9.17) is 11.0 Å². The summed E-state index contributed by atoms with van der Waals surface area (Å²) >= 11 is 0. The summed E-state index contributed by atoms with van der Waals surface area (Å²) in [7, 11) is 0. The minimum absolute atomic E-state index is 0.349. The second kappa shape index (κ2) is 2.88. The number of nitrogens with one attached hydrogen (secondary N) is 1. The molecule has 4 nitrogen and oxygen atoms in total. The van der Waals surface area contributed by atoms with Crippen LogP contribution in [0, 0.1) is 11.3 Å². The van der Waals surface area contributed by atoms with Crippen molar-refractivity contribution in [3.63, 3.8) is 0 Å². The van der Waals surface area contributed by atoms with E-state index >= 15 is 0 Å². The van der Waals surface area contributed by atoms with E-state index in [0.717, 1.165) is 0 Å². The third-order valence-electron chi connectivity index (χ3n) is 1.31. The second-order valence-corrected chi connectivity index (χ2v) is 2.10. The minimum atomic E-state index is -0.495. The number of nitrogens with two attached hydrogens (primary N) is 1. The second-order valence-electron chi connectivity index (χ2n) is 2.10. The Labute approximate surface area is 64.0 Å². The number of nitriles is 1. The summed E-state index contributed by atoms with van der Waals surface area (Å²) < 4.78 is 0. The molecule has 0 radical (unpaired) electrons. The van der Waals surface area contributed by atoms with Crippen molar-refractivity contribution in [2.24, 2.45) is 5.73 Å². The summed E-state index contributed by atoms with van der Waals surface area (Å²) in [5.74, 6) is -0.495. The zero-order valence-corrected chi connectivity index (χ0v) is 5.74. The maximum atomic E-state index is 10.5. The van der Waals surface area contributed by atoms with Crippen LogP contribution in [0.4, 0.5) is 0 Å². The lowest BCUT2D eigenvalue weighted by molar-refractivity contribution is -0.114. The summed E-state index contributed by atoms with van der Waals surface area (Å²) in [4.78, 5) is 10.5. The highest BCUT2D eigenvalue weighted by molar-refractivity contribution is 5.94. The molecular weight excluding hydrogens is 142 g/mol. The SMILES string of the molecule is N#CC1C=CC(C(N)=O)=CN1. The Morgan fingerprint density at radius 2 is 2.55 bits per heavy atom. The van der Waals surface area contributed by atoms with Gasteiger partial charge >= 0.3 is 0 Å². The van der Waals surface area contributed by atoms with Crippen LogP contribution in [0.15, 0.2) is 23.9 Å². The zero-order valence-electron chi connectivity index (χ0n) is 5.74. The molecule has 0 saturated heterocycles. The van der Waals surface area contributed by atoms with Crippen LogP contribution in [0.25, 0.3) is 0 Å². The van der Waals surface area contributed by atoms with Crippen molar-refractivity contribution in [1.82, 2.24) is 5.32 Å². The van der Waals surface area contributed by atoms with E-state index in [0.29, 0.717) is 5.57 Å². The van der Waals surface area contributed by atoms with Gasteiger partial charge in [-0.3, -0.25) is 4.79 Å². The van der Waals surface area contributed by atoms with Crippen LogP contribution in [0.2, 0.25) is 0 Å². The van der Waals surface area contributed by atoms with Gasteiger partial charge in [-0.1, -0.05) is 0 Å². The molecule has 11 heavy (non-hydrogen) atoms. The summed E-state index contributed by atoms with van der Waals surface area (Å²) in [5.41, 5.74) is 5.36. The molecule has 4 heteroatoms. The lowest BCUT2D eigenvalue weighted by Gasteiger charge is -2.09. The number of primary amides is 1. The number of hydrogen-bond donors (Lipinski definition) is 2. The quantitative estimate of drug-likeness (QED) is 0.522. The Kier molecular flexibility index (Phi) is 1.93. The first kappa shape index (κ1) is 7.35. The van der Waals surface area contributed by atoms with Gasteiger partial charge in [-0.15, -0.1) is 0 Å². The van der Waals surface area contributed by atoms with E-state index < -0.39 is 5.91 Å². The Morgan fingerprint density at radius 3 is 2.91 bits per heavy atom. The number of amides is 1. The standard InChI is InChI=1S/C7H7N3O/c8-3-6-2-1-5(4-10-6)7(9)11/h1-2,4,6,10H,(H2,9,11). The Hall–Kier alpha value is -1.76. The van der Waals surface area contributed by atoms with Crippen molar-refractivity contribution < 1.29 is 4.79 Å². The fourth-order valence-corrected chi connectivity index (χ4v) is 0.717. The Balaban J connectivity index is 2.69. The van der Waals surface area contributed by atoms with Gasteiger partial charge in [0.2, 0.25) is 5.91 Å². The third-order valence-corrected chi connectivity index (χ3v) is 1.31. The van der Waals surface area contributed by atoms with Crippen LogP contribution in [-0.4, -0.2) is 11.9 Å². The average Bonchev–Trinajstić information content (AvgIpc) is 2.05. The van der Waals surface area contributed by atoms with Gasteiger partial charge in [-0.2, -0.15) is 5.26 Å². The predicted octanol–water partition coefficient (Wildman–Crippen LogP) is -0.593. The van der Waals surface area contributed by atoms with Gasteiger partial charge in [0.1, 0.15) is 6.04 Å². The fourth-order valence-electron chi connectivity index (χ4n) is 0.717. The first-order valence-corrected chi connectivity index (χ1v) is 3.08. The summed E-state index contributed by atoms with van der Waals surface area (Å²) in [6.45, 7) is 0. The molecule has 1 amide bonds. The molecule has 1 heterocycles. The van der Waals surface area contributed by atoms with Crippen LogP contribution in [-0.2, 0) is 4.79 Å². The maximum absolute atomic E-state index is 10.5. The number of carbonyl (C=O) groups is 1. The molecule has 0 saturated carbocycles. The summed E-state index contributed by atoms with van der Waals surface area (Å²) in [6, 6.07) is 1.62. The van der Waals surface area contributed by atoms with Gasteiger partial charge in [0.15, 0.2) is 0 Å². The van der Waals surface area contributed by atoms with E-state index in [-0.39, 0.29) is 6.04 Å². The highest BCUT2D eigenvalue weighted by Gasteiger charge is 2.08. The topological polar surface area (TPSA) is 78.9 Å². The first-order chi connectivity index (χ1) is 5.24. The molecule has 1 atom stereocenters. The van der Waals surface area contributed by atoms with Crippen molar-refractivity contribution in [1.29, 1.82) is 5.26 Å². The molecule has 1 rings (SSSR count). The predicted molar refractivity (Wildman–Crippen MR) is 39.0 cm³/mol. The van der Waals surface area contributed by atoms with Gasteiger partial charge in [-0.25, -0.2) is 0 Å². The highest BCUT2D eigenvalue weighted by Crippen LogP contribution is 2.01. The average molecular weight is 149 g/mol. The smallest absolute Gasteiger partial charge is 0.250 e. The number of nitrogens with zero attached hydrogens (tertiary/aromatic N) is 1. The van der Waals surface area contributed by atoms with E-state index in [2.05, 4.69) is 5.32 Å². The van der Waals surface area contributed by atoms with Gasteiger partial charge in [0, 0.05) is 6.20 Å². The number of dihydropyridines is 1. The van der Waals surface area contributed by atoms with Gasteiger partial charge in [0.05, 0.1) is 11.6 Å². The van der Waals surface area contributed by atoms with Crippen LogP contribution in [0.1, 0.15) is 0 Å².